The van der Waals surface area contributed by atoms with Crippen LogP contribution in [0, 0.1) is 0 Å². The fourth-order valence-corrected chi connectivity index (χ4v) is 2.42. The molecule has 1 atom stereocenters. The second-order valence-electron chi connectivity index (χ2n) is 5.55. The van der Waals surface area contributed by atoms with Gasteiger partial charge in [0, 0.05) is 25.3 Å². The Kier molecular flexibility index (Phi) is 5.04. The van der Waals surface area contributed by atoms with Crippen LogP contribution in [-0.4, -0.2) is 53.0 Å². The Morgan fingerprint density at radius 2 is 2.20 bits per heavy atom. The van der Waals surface area contributed by atoms with E-state index in [1.165, 1.54) is 10.5 Å². The van der Waals surface area contributed by atoms with E-state index in [4.69, 9.17) is 4.74 Å². The highest BCUT2D eigenvalue weighted by Gasteiger charge is 2.31. The molecule has 8 nitrogen and oxygen atoms in total. The van der Waals surface area contributed by atoms with Crippen LogP contribution in [0.5, 0.6) is 0 Å². The van der Waals surface area contributed by atoms with E-state index in [2.05, 4.69) is 26.1 Å². The Hall–Kier alpha value is -2.40. The van der Waals surface area contributed by atoms with Crippen LogP contribution in [0.25, 0.3) is 5.65 Å². The third-order valence-electron chi connectivity index (χ3n) is 3.71. The zero-order valence-electron chi connectivity index (χ0n) is 13.1. The van der Waals surface area contributed by atoms with Gasteiger partial charge in [-0.3, -0.25) is 4.40 Å². The Bertz CT molecular complexity index is 742. The van der Waals surface area contributed by atoms with Gasteiger partial charge in [0.1, 0.15) is 0 Å². The first-order valence-electron chi connectivity index (χ1n) is 7.67. The van der Waals surface area contributed by atoms with Crippen LogP contribution in [0.2, 0.25) is 0 Å². The normalized spacial score (nSPS) is 18.3. The number of nitrogens with zero attached hydrogens (tertiary/aromatic N) is 3. The first-order chi connectivity index (χ1) is 11.9. The van der Waals surface area contributed by atoms with Crippen LogP contribution in [-0.2, 0) is 17.5 Å². The second-order valence-corrected chi connectivity index (χ2v) is 5.55. The summed E-state index contributed by atoms with van der Waals surface area (Å²) in [7, 11) is 0. The monoisotopic (exact) mass is 358 g/mol. The second kappa shape index (κ2) is 7.23. The minimum Gasteiger partial charge on any atom is -0.378 e. The van der Waals surface area contributed by atoms with Gasteiger partial charge >= 0.3 is 12.2 Å². The number of ether oxygens (including phenoxy) is 1. The summed E-state index contributed by atoms with van der Waals surface area (Å²) in [6.45, 7) is 2.20. The van der Waals surface area contributed by atoms with Crippen molar-refractivity contribution >= 4 is 11.7 Å². The van der Waals surface area contributed by atoms with E-state index in [1.54, 1.807) is 0 Å². The van der Waals surface area contributed by atoms with Crippen molar-refractivity contribution in [3.8, 4) is 0 Å². The van der Waals surface area contributed by atoms with Crippen molar-refractivity contribution in [2.75, 3.05) is 26.3 Å². The van der Waals surface area contributed by atoms with Gasteiger partial charge < -0.3 is 20.7 Å². The number of amides is 2. The lowest BCUT2D eigenvalue weighted by Crippen LogP contribution is -2.50. The highest BCUT2D eigenvalue weighted by Crippen LogP contribution is 2.29. The Morgan fingerprint density at radius 3 is 2.92 bits per heavy atom. The quantitative estimate of drug-likeness (QED) is 0.742. The zero-order valence-corrected chi connectivity index (χ0v) is 13.1. The van der Waals surface area contributed by atoms with Crippen LogP contribution in [0.1, 0.15) is 11.4 Å². The smallest absolute Gasteiger partial charge is 0.378 e. The maximum absolute atomic E-state index is 12.8. The van der Waals surface area contributed by atoms with E-state index >= 15 is 0 Å². The third-order valence-corrected chi connectivity index (χ3v) is 3.71. The molecule has 3 rings (SSSR count). The van der Waals surface area contributed by atoms with Crippen LogP contribution < -0.4 is 16.0 Å². The van der Waals surface area contributed by atoms with E-state index in [0.717, 1.165) is 18.8 Å². The topological polar surface area (TPSA) is 92.6 Å². The van der Waals surface area contributed by atoms with Crippen molar-refractivity contribution in [3.05, 3.63) is 29.7 Å². The number of hydrogen-bond donors (Lipinski definition) is 3. The number of alkyl halides is 3. The molecule has 3 heterocycles. The lowest BCUT2D eigenvalue weighted by molar-refractivity contribution is -0.137. The van der Waals surface area contributed by atoms with E-state index < -0.39 is 17.8 Å². The molecule has 2 aromatic rings. The number of rotatable bonds is 4. The molecule has 11 heteroatoms. The van der Waals surface area contributed by atoms with Crippen molar-refractivity contribution in [2.24, 2.45) is 0 Å². The van der Waals surface area contributed by atoms with Crippen molar-refractivity contribution in [1.29, 1.82) is 0 Å². The van der Waals surface area contributed by atoms with Crippen molar-refractivity contribution in [1.82, 2.24) is 30.5 Å². The summed E-state index contributed by atoms with van der Waals surface area (Å²) in [5.74, 6) is 0.204. The fraction of sp³-hybridized carbons (Fsp3) is 0.500. The van der Waals surface area contributed by atoms with E-state index in [0.29, 0.717) is 19.8 Å². The fourth-order valence-electron chi connectivity index (χ4n) is 2.42. The zero-order chi connectivity index (χ0) is 17.9. The number of pyridine rings is 1. The molecule has 2 amide bonds. The number of morpholine rings is 1. The average Bonchev–Trinajstić information content (AvgIpc) is 3.00. The molecule has 0 spiro atoms. The number of aromatic nitrogens is 3. The summed E-state index contributed by atoms with van der Waals surface area (Å²) in [6.07, 6.45) is -3.55. The van der Waals surface area contributed by atoms with Gasteiger partial charge in [-0.1, -0.05) is 0 Å². The van der Waals surface area contributed by atoms with Crippen molar-refractivity contribution in [3.63, 3.8) is 0 Å². The Labute approximate surface area is 140 Å². The molecule has 0 aromatic carbocycles. The Balaban J connectivity index is 1.58. The number of urea groups is 1. The van der Waals surface area contributed by atoms with Crippen molar-refractivity contribution < 1.29 is 22.7 Å². The van der Waals surface area contributed by atoms with Gasteiger partial charge in [0.05, 0.1) is 25.3 Å². The summed E-state index contributed by atoms with van der Waals surface area (Å²) >= 11 is 0. The van der Waals surface area contributed by atoms with Gasteiger partial charge in [0.15, 0.2) is 11.5 Å². The van der Waals surface area contributed by atoms with Crippen LogP contribution in [0.3, 0.4) is 0 Å². The SMILES string of the molecule is O=C(NCc1nnc2ccc(C(F)(F)F)cn12)NCC1COCCN1. The van der Waals surface area contributed by atoms with Gasteiger partial charge in [0.25, 0.3) is 0 Å². The molecule has 3 N–H and O–H groups in total. The van der Waals surface area contributed by atoms with E-state index in [9.17, 15) is 18.0 Å². The Morgan fingerprint density at radius 1 is 1.36 bits per heavy atom. The molecule has 1 fully saturated rings. The van der Waals surface area contributed by atoms with Gasteiger partial charge in [-0.15, -0.1) is 10.2 Å². The van der Waals surface area contributed by atoms with E-state index in [1.807, 2.05) is 0 Å². The molecule has 25 heavy (non-hydrogen) atoms. The molecule has 1 aliphatic rings. The number of fused-ring (bicyclic) bond motifs is 1. The summed E-state index contributed by atoms with van der Waals surface area (Å²) in [6, 6.07) is 1.75. The average molecular weight is 358 g/mol. The molecule has 1 aliphatic heterocycles. The molecule has 0 aliphatic carbocycles. The van der Waals surface area contributed by atoms with Gasteiger partial charge in [-0.05, 0) is 12.1 Å². The number of nitrogens with one attached hydrogen (secondary N) is 3. The summed E-state index contributed by atoms with van der Waals surface area (Å²) in [5, 5.41) is 16.0. The largest absolute Gasteiger partial charge is 0.417 e. The molecule has 0 radical (unpaired) electrons. The number of carbonyl (C=O) groups excluding carboxylic acids is 1. The molecular weight excluding hydrogens is 341 g/mol. The van der Waals surface area contributed by atoms with Crippen molar-refractivity contribution in [2.45, 2.75) is 18.8 Å². The van der Waals surface area contributed by atoms with Crippen LogP contribution in [0.15, 0.2) is 18.3 Å². The molecular formula is C14H17F3N6O2. The highest BCUT2D eigenvalue weighted by atomic mass is 19.4. The lowest BCUT2D eigenvalue weighted by atomic mass is 10.3. The van der Waals surface area contributed by atoms with Gasteiger partial charge in [0.2, 0.25) is 0 Å². The molecule has 136 valence electrons. The lowest BCUT2D eigenvalue weighted by Gasteiger charge is -2.23. The summed E-state index contributed by atoms with van der Waals surface area (Å²) in [5.41, 5.74) is -0.539. The maximum atomic E-state index is 12.8. The van der Waals surface area contributed by atoms with Crippen LogP contribution in [0.4, 0.5) is 18.0 Å². The maximum Gasteiger partial charge on any atom is 0.417 e. The molecule has 0 saturated carbocycles. The summed E-state index contributed by atoms with van der Waals surface area (Å²) in [4.78, 5) is 11.8. The summed E-state index contributed by atoms with van der Waals surface area (Å²) < 4.78 is 44.9. The van der Waals surface area contributed by atoms with Gasteiger partial charge in [-0.2, -0.15) is 13.2 Å². The van der Waals surface area contributed by atoms with Gasteiger partial charge in [-0.25, -0.2) is 4.79 Å². The molecule has 1 unspecified atom stereocenters. The molecule has 0 bridgehead atoms. The minimum atomic E-state index is -4.46. The first-order valence-corrected chi connectivity index (χ1v) is 7.67. The number of hydrogen-bond acceptors (Lipinski definition) is 5. The molecule has 1 saturated heterocycles. The standard InChI is InChI=1S/C14H17F3N6O2/c15-14(16,17)9-1-2-11-21-22-12(23(11)7-9)6-20-13(24)19-5-10-8-25-4-3-18-10/h1-2,7,10,18H,3-6,8H2,(H2,19,20,24). The first kappa shape index (κ1) is 17.4. The molecule has 2 aromatic heterocycles. The predicted octanol–water partition coefficient (Wildman–Crippen LogP) is 0.536. The predicted molar refractivity (Wildman–Crippen MR) is 80.8 cm³/mol. The highest BCUT2D eigenvalue weighted by molar-refractivity contribution is 5.73. The third kappa shape index (κ3) is 4.37. The van der Waals surface area contributed by atoms with Crippen LogP contribution >= 0.6 is 0 Å². The number of halogens is 3. The minimum absolute atomic E-state index is 0.0303. The number of carbonyl (C=O) groups is 1. The van der Waals surface area contributed by atoms with E-state index in [-0.39, 0.29) is 24.1 Å².